The molecule has 16 heavy (non-hydrogen) atoms. The number of H-pyrrole nitrogens is 1. The van der Waals surface area contributed by atoms with Gasteiger partial charge in [-0.15, -0.1) is 0 Å². The highest BCUT2D eigenvalue weighted by atomic mass is 16.1. The maximum atomic E-state index is 10.9. The van der Waals surface area contributed by atoms with Gasteiger partial charge in [0, 0.05) is 17.0 Å². The molecule has 0 saturated carbocycles. The van der Waals surface area contributed by atoms with Crippen molar-refractivity contribution in [1.82, 2.24) is 14.8 Å². The predicted molar refractivity (Wildman–Crippen MR) is 62.3 cm³/mol. The van der Waals surface area contributed by atoms with E-state index in [2.05, 4.69) is 14.8 Å². The molecule has 4 heteroatoms. The molecule has 1 N–H and O–H groups in total. The Morgan fingerprint density at radius 3 is 2.44 bits per heavy atom. The monoisotopic (exact) mass is 217 g/mol. The lowest BCUT2D eigenvalue weighted by atomic mass is 10.2. The molecular formula is C12H15N3O. The van der Waals surface area contributed by atoms with Gasteiger partial charge < -0.3 is 4.57 Å². The fourth-order valence-corrected chi connectivity index (χ4v) is 2.13. The minimum absolute atomic E-state index is 0.734. The molecular weight excluding hydrogens is 202 g/mol. The van der Waals surface area contributed by atoms with Crippen LogP contribution in [0.1, 0.15) is 33.1 Å². The molecule has 0 atom stereocenters. The summed E-state index contributed by atoms with van der Waals surface area (Å²) >= 11 is 0. The van der Waals surface area contributed by atoms with E-state index in [4.69, 9.17) is 0 Å². The van der Waals surface area contributed by atoms with Crippen molar-refractivity contribution in [2.75, 3.05) is 0 Å². The molecule has 0 aliphatic heterocycles. The van der Waals surface area contributed by atoms with Gasteiger partial charge in [0.25, 0.3) is 0 Å². The Morgan fingerprint density at radius 1 is 1.31 bits per heavy atom. The smallest absolute Gasteiger partial charge is 0.151 e. The molecule has 2 heterocycles. The molecule has 2 aromatic heterocycles. The van der Waals surface area contributed by atoms with Crippen LogP contribution in [0.25, 0.3) is 5.69 Å². The third-order valence-corrected chi connectivity index (χ3v) is 2.91. The minimum Gasteiger partial charge on any atom is -0.314 e. The minimum atomic E-state index is 0.734. The summed E-state index contributed by atoms with van der Waals surface area (Å²) in [6, 6.07) is 1.90. The fourth-order valence-electron chi connectivity index (χ4n) is 2.13. The van der Waals surface area contributed by atoms with Crippen LogP contribution in [-0.4, -0.2) is 21.1 Å². The second-order valence-corrected chi connectivity index (χ2v) is 4.06. The zero-order valence-corrected chi connectivity index (χ0v) is 9.96. The van der Waals surface area contributed by atoms with Crippen molar-refractivity contribution in [2.45, 2.75) is 27.7 Å². The molecule has 0 bridgehead atoms. The SMILES string of the molecule is Cc1n[nH]c(C)c1-n1c(C)cc(C=O)c1C. The van der Waals surface area contributed by atoms with Gasteiger partial charge in [0.2, 0.25) is 0 Å². The molecule has 0 unspecified atom stereocenters. The average Bonchev–Trinajstić information content (AvgIpc) is 2.70. The highest BCUT2D eigenvalue weighted by Crippen LogP contribution is 2.23. The van der Waals surface area contributed by atoms with Gasteiger partial charge in [-0.2, -0.15) is 5.10 Å². The Kier molecular flexibility index (Phi) is 2.42. The summed E-state index contributed by atoms with van der Waals surface area (Å²) in [6.45, 7) is 7.88. The summed E-state index contributed by atoms with van der Waals surface area (Å²) < 4.78 is 2.07. The van der Waals surface area contributed by atoms with Gasteiger partial charge >= 0.3 is 0 Å². The number of nitrogens with one attached hydrogen (secondary N) is 1. The summed E-state index contributed by atoms with van der Waals surface area (Å²) in [5.41, 5.74) is 5.74. The van der Waals surface area contributed by atoms with Gasteiger partial charge in [-0.05, 0) is 33.8 Å². The molecule has 0 radical (unpaired) electrons. The number of carbonyl (C=O) groups is 1. The molecule has 84 valence electrons. The van der Waals surface area contributed by atoms with Gasteiger partial charge in [0.15, 0.2) is 6.29 Å². The fraction of sp³-hybridized carbons (Fsp3) is 0.333. The Labute approximate surface area is 94.3 Å². The second-order valence-electron chi connectivity index (χ2n) is 4.06. The number of hydrogen-bond acceptors (Lipinski definition) is 2. The van der Waals surface area contributed by atoms with Crippen molar-refractivity contribution in [1.29, 1.82) is 0 Å². The van der Waals surface area contributed by atoms with Crippen LogP contribution >= 0.6 is 0 Å². The van der Waals surface area contributed by atoms with Crippen molar-refractivity contribution >= 4 is 6.29 Å². The third-order valence-electron chi connectivity index (χ3n) is 2.91. The van der Waals surface area contributed by atoms with Crippen molar-refractivity contribution < 1.29 is 4.79 Å². The molecule has 0 fully saturated rings. The van der Waals surface area contributed by atoms with E-state index >= 15 is 0 Å². The molecule has 2 rings (SSSR count). The normalized spacial score (nSPS) is 10.8. The van der Waals surface area contributed by atoms with Crippen molar-refractivity contribution in [2.24, 2.45) is 0 Å². The Hall–Kier alpha value is -1.84. The van der Waals surface area contributed by atoms with E-state index < -0.39 is 0 Å². The topological polar surface area (TPSA) is 50.7 Å². The van der Waals surface area contributed by atoms with Crippen LogP contribution in [0.3, 0.4) is 0 Å². The quantitative estimate of drug-likeness (QED) is 0.784. The number of aromatic amines is 1. The lowest BCUT2D eigenvalue weighted by Gasteiger charge is -2.09. The number of aldehydes is 1. The summed E-state index contributed by atoms with van der Waals surface area (Å²) in [5.74, 6) is 0. The van der Waals surface area contributed by atoms with Gasteiger partial charge in [0.1, 0.15) is 0 Å². The molecule has 4 nitrogen and oxygen atoms in total. The van der Waals surface area contributed by atoms with Gasteiger partial charge in [-0.25, -0.2) is 0 Å². The van der Waals surface area contributed by atoms with E-state index in [9.17, 15) is 4.79 Å². The van der Waals surface area contributed by atoms with Crippen LogP contribution in [0.5, 0.6) is 0 Å². The zero-order chi connectivity index (χ0) is 11.9. The number of nitrogens with zero attached hydrogens (tertiary/aromatic N) is 2. The number of hydrogen-bond donors (Lipinski definition) is 1. The van der Waals surface area contributed by atoms with Gasteiger partial charge in [0.05, 0.1) is 17.1 Å². The van der Waals surface area contributed by atoms with Crippen LogP contribution in [0.4, 0.5) is 0 Å². The first-order chi connectivity index (χ1) is 7.56. The van der Waals surface area contributed by atoms with Crippen LogP contribution < -0.4 is 0 Å². The zero-order valence-electron chi connectivity index (χ0n) is 9.96. The number of aryl methyl sites for hydroxylation is 3. The standard InChI is InChI=1S/C12H15N3O/c1-7-5-11(6-16)10(4)15(7)12-8(2)13-14-9(12)3/h5-6H,1-4H3,(H,13,14). The van der Waals surface area contributed by atoms with E-state index in [1.807, 2.05) is 33.8 Å². The number of aromatic nitrogens is 3. The molecule has 0 saturated heterocycles. The van der Waals surface area contributed by atoms with E-state index in [1.165, 1.54) is 0 Å². The van der Waals surface area contributed by atoms with Crippen molar-refractivity contribution in [3.05, 3.63) is 34.4 Å². The van der Waals surface area contributed by atoms with Crippen LogP contribution in [0.2, 0.25) is 0 Å². The lowest BCUT2D eigenvalue weighted by Crippen LogP contribution is -2.02. The largest absolute Gasteiger partial charge is 0.314 e. The summed E-state index contributed by atoms with van der Waals surface area (Å²) in [5, 5.41) is 7.13. The Bertz CT molecular complexity index is 529. The molecule has 0 spiro atoms. The van der Waals surface area contributed by atoms with Crippen LogP contribution in [-0.2, 0) is 0 Å². The highest BCUT2D eigenvalue weighted by Gasteiger charge is 2.15. The molecule has 2 aromatic rings. The first-order valence-corrected chi connectivity index (χ1v) is 5.22. The Balaban J connectivity index is 2.74. The summed E-state index contributed by atoms with van der Waals surface area (Å²) in [6.07, 6.45) is 0.892. The van der Waals surface area contributed by atoms with Crippen LogP contribution in [0.15, 0.2) is 6.07 Å². The molecule has 0 amide bonds. The van der Waals surface area contributed by atoms with Crippen LogP contribution in [0, 0.1) is 27.7 Å². The van der Waals surface area contributed by atoms with E-state index in [0.29, 0.717) is 0 Å². The average molecular weight is 217 g/mol. The van der Waals surface area contributed by atoms with E-state index in [-0.39, 0.29) is 0 Å². The van der Waals surface area contributed by atoms with E-state index in [1.54, 1.807) is 0 Å². The van der Waals surface area contributed by atoms with Gasteiger partial charge in [-0.1, -0.05) is 0 Å². The predicted octanol–water partition coefficient (Wildman–Crippen LogP) is 2.25. The molecule has 0 aliphatic rings. The maximum Gasteiger partial charge on any atom is 0.151 e. The van der Waals surface area contributed by atoms with Crippen molar-refractivity contribution in [3.8, 4) is 5.69 Å². The lowest BCUT2D eigenvalue weighted by molar-refractivity contribution is 0.112. The van der Waals surface area contributed by atoms with Gasteiger partial charge in [-0.3, -0.25) is 9.89 Å². The Morgan fingerprint density at radius 2 is 2.00 bits per heavy atom. The highest BCUT2D eigenvalue weighted by molar-refractivity contribution is 5.77. The maximum absolute atomic E-state index is 10.9. The molecule has 0 aromatic carbocycles. The number of carbonyl (C=O) groups excluding carboxylic acids is 1. The third kappa shape index (κ3) is 1.38. The van der Waals surface area contributed by atoms with Crippen molar-refractivity contribution in [3.63, 3.8) is 0 Å². The van der Waals surface area contributed by atoms with E-state index in [0.717, 1.165) is 40.3 Å². The summed E-state index contributed by atoms with van der Waals surface area (Å²) in [7, 11) is 0. The first kappa shape index (κ1) is 10.7. The second kappa shape index (κ2) is 3.63. The summed E-state index contributed by atoms with van der Waals surface area (Å²) in [4.78, 5) is 10.9. The number of rotatable bonds is 2. The first-order valence-electron chi connectivity index (χ1n) is 5.22. The molecule has 0 aliphatic carbocycles.